The van der Waals surface area contributed by atoms with E-state index in [1.54, 1.807) is 7.11 Å². The number of benzene rings is 2. The number of hydrogen-bond acceptors (Lipinski definition) is 3. The maximum atomic E-state index is 6.11. The minimum Gasteiger partial charge on any atom is -0.488 e. The maximum Gasteiger partial charge on any atom is 0.193 e. The summed E-state index contributed by atoms with van der Waals surface area (Å²) < 4.78 is 11.0. The van der Waals surface area contributed by atoms with Crippen molar-refractivity contribution in [3.63, 3.8) is 0 Å². The van der Waals surface area contributed by atoms with Gasteiger partial charge in [-0.3, -0.25) is 0 Å². The van der Waals surface area contributed by atoms with E-state index in [2.05, 4.69) is 10.3 Å². The SMILES string of the molecule is COCc1ccccc1NC(N)=NC1c2ccccc2OC1C.I. The van der Waals surface area contributed by atoms with Crippen LogP contribution < -0.4 is 15.8 Å². The third-order valence-electron chi connectivity index (χ3n) is 3.85. The molecule has 5 nitrogen and oxygen atoms in total. The number of nitrogens with two attached hydrogens (primary N) is 1. The number of rotatable bonds is 4. The molecule has 3 N–H and O–H groups in total. The Kier molecular flexibility index (Phi) is 6.44. The summed E-state index contributed by atoms with van der Waals surface area (Å²) in [6.07, 6.45) is -0.0398. The summed E-state index contributed by atoms with van der Waals surface area (Å²) in [7, 11) is 1.67. The Morgan fingerprint density at radius 3 is 2.71 bits per heavy atom. The Labute approximate surface area is 159 Å². The highest BCUT2D eigenvalue weighted by molar-refractivity contribution is 14.0. The number of fused-ring (bicyclic) bond motifs is 1. The second kappa shape index (κ2) is 8.34. The third kappa shape index (κ3) is 3.99. The zero-order chi connectivity index (χ0) is 16.2. The summed E-state index contributed by atoms with van der Waals surface area (Å²) in [5.74, 6) is 1.24. The Morgan fingerprint density at radius 2 is 1.92 bits per heavy atom. The summed E-state index contributed by atoms with van der Waals surface area (Å²) in [5.41, 5.74) is 9.11. The molecule has 0 saturated heterocycles. The van der Waals surface area contributed by atoms with Crippen LogP contribution in [0.15, 0.2) is 53.5 Å². The standard InChI is InChI=1S/C18H21N3O2.HI/c1-12-17(14-8-4-6-10-16(14)23-12)21-18(19)20-15-9-5-3-7-13(15)11-22-2;/h3-10,12,17H,11H2,1-2H3,(H3,19,20,21);1H. The van der Waals surface area contributed by atoms with Crippen LogP contribution >= 0.6 is 24.0 Å². The first kappa shape index (κ1) is 18.5. The van der Waals surface area contributed by atoms with Crippen molar-refractivity contribution in [2.24, 2.45) is 10.7 Å². The van der Waals surface area contributed by atoms with Crippen molar-refractivity contribution in [1.29, 1.82) is 0 Å². The van der Waals surface area contributed by atoms with E-state index in [1.165, 1.54) is 0 Å². The molecule has 1 aliphatic rings. The fourth-order valence-corrected chi connectivity index (χ4v) is 2.77. The molecule has 0 fully saturated rings. The lowest BCUT2D eigenvalue weighted by Gasteiger charge is -2.14. The predicted octanol–water partition coefficient (Wildman–Crippen LogP) is 3.70. The van der Waals surface area contributed by atoms with E-state index in [9.17, 15) is 0 Å². The Morgan fingerprint density at radius 1 is 1.21 bits per heavy atom. The van der Waals surface area contributed by atoms with Gasteiger partial charge in [0.1, 0.15) is 17.9 Å². The first-order chi connectivity index (χ1) is 11.2. The van der Waals surface area contributed by atoms with Gasteiger partial charge in [-0.05, 0) is 19.1 Å². The van der Waals surface area contributed by atoms with Crippen LogP contribution in [0.25, 0.3) is 0 Å². The summed E-state index contributed by atoms with van der Waals surface area (Å²) in [5, 5.41) is 3.17. The van der Waals surface area contributed by atoms with Gasteiger partial charge in [-0.2, -0.15) is 0 Å². The first-order valence-corrected chi connectivity index (χ1v) is 7.61. The molecule has 6 heteroatoms. The molecule has 0 bridgehead atoms. The van der Waals surface area contributed by atoms with Crippen molar-refractivity contribution in [1.82, 2.24) is 0 Å². The second-order valence-corrected chi connectivity index (χ2v) is 5.54. The number of anilines is 1. The highest BCUT2D eigenvalue weighted by atomic mass is 127. The molecule has 0 spiro atoms. The molecule has 24 heavy (non-hydrogen) atoms. The molecule has 128 valence electrons. The van der Waals surface area contributed by atoms with E-state index in [0.29, 0.717) is 12.6 Å². The normalized spacial score (nSPS) is 19.2. The minimum atomic E-state index is -0.103. The first-order valence-electron chi connectivity index (χ1n) is 7.61. The number of para-hydroxylation sites is 2. The van der Waals surface area contributed by atoms with Gasteiger partial charge in [0, 0.05) is 23.9 Å². The maximum absolute atomic E-state index is 6.11. The molecule has 2 atom stereocenters. The Hall–Kier alpha value is -1.80. The molecule has 1 heterocycles. The third-order valence-corrected chi connectivity index (χ3v) is 3.85. The molecular weight excluding hydrogens is 417 g/mol. The van der Waals surface area contributed by atoms with Gasteiger partial charge in [-0.25, -0.2) is 4.99 Å². The lowest BCUT2D eigenvalue weighted by Crippen LogP contribution is -2.26. The van der Waals surface area contributed by atoms with E-state index >= 15 is 0 Å². The monoisotopic (exact) mass is 439 g/mol. The van der Waals surface area contributed by atoms with Gasteiger partial charge in [-0.15, -0.1) is 24.0 Å². The lowest BCUT2D eigenvalue weighted by atomic mass is 10.1. The molecule has 0 amide bonds. The van der Waals surface area contributed by atoms with Gasteiger partial charge in [0.25, 0.3) is 0 Å². The van der Waals surface area contributed by atoms with Crippen molar-refractivity contribution in [2.75, 3.05) is 12.4 Å². The molecule has 0 aliphatic carbocycles. The number of hydrogen-bond donors (Lipinski definition) is 2. The van der Waals surface area contributed by atoms with Crippen LogP contribution in [0, 0.1) is 0 Å². The van der Waals surface area contributed by atoms with Crippen LogP contribution in [0.3, 0.4) is 0 Å². The topological polar surface area (TPSA) is 68.9 Å². The molecule has 0 radical (unpaired) electrons. The van der Waals surface area contributed by atoms with Gasteiger partial charge in [0.05, 0.1) is 6.61 Å². The van der Waals surface area contributed by atoms with Crippen molar-refractivity contribution in [3.8, 4) is 5.75 Å². The number of ether oxygens (including phenoxy) is 2. The molecule has 0 saturated carbocycles. The fourth-order valence-electron chi connectivity index (χ4n) is 2.77. The largest absolute Gasteiger partial charge is 0.488 e. The zero-order valence-corrected chi connectivity index (χ0v) is 16.1. The number of aliphatic imine (C=N–C) groups is 1. The van der Waals surface area contributed by atoms with E-state index in [-0.39, 0.29) is 36.1 Å². The van der Waals surface area contributed by atoms with Gasteiger partial charge in [0.15, 0.2) is 5.96 Å². The van der Waals surface area contributed by atoms with Gasteiger partial charge in [0.2, 0.25) is 0 Å². The second-order valence-electron chi connectivity index (χ2n) is 5.54. The van der Waals surface area contributed by atoms with Crippen molar-refractivity contribution in [3.05, 3.63) is 59.7 Å². The lowest BCUT2D eigenvalue weighted by molar-refractivity contribution is 0.185. The molecule has 2 aromatic rings. The van der Waals surface area contributed by atoms with Crippen molar-refractivity contribution in [2.45, 2.75) is 25.7 Å². The average molecular weight is 439 g/mol. The van der Waals surface area contributed by atoms with Crippen molar-refractivity contribution >= 4 is 35.6 Å². The molecule has 1 aliphatic heterocycles. The van der Waals surface area contributed by atoms with Crippen LogP contribution in [0.4, 0.5) is 5.69 Å². The summed E-state index contributed by atoms with van der Waals surface area (Å²) in [6, 6.07) is 15.7. The minimum absolute atomic E-state index is 0. The van der Waals surface area contributed by atoms with E-state index in [4.69, 9.17) is 15.2 Å². The quantitative estimate of drug-likeness (QED) is 0.433. The van der Waals surface area contributed by atoms with Crippen molar-refractivity contribution < 1.29 is 9.47 Å². The van der Waals surface area contributed by atoms with Crippen LogP contribution in [0.5, 0.6) is 5.75 Å². The van der Waals surface area contributed by atoms with E-state index in [0.717, 1.165) is 22.6 Å². The highest BCUT2D eigenvalue weighted by Gasteiger charge is 2.30. The molecule has 3 rings (SSSR count). The van der Waals surface area contributed by atoms with Crippen LogP contribution in [0.1, 0.15) is 24.1 Å². The predicted molar refractivity (Wildman–Crippen MR) is 107 cm³/mol. The van der Waals surface area contributed by atoms with Crippen LogP contribution in [-0.4, -0.2) is 19.2 Å². The smallest absolute Gasteiger partial charge is 0.193 e. The molecular formula is C18H22IN3O2. The van der Waals surface area contributed by atoms with Gasteiger partial charge < -0.3 is 20.5 Å². The fraction of sp³-hybridized carbons (Fsp3) is 0.278. The van der Waals surface area contributed by atoms with Gasteiger partial charge in [-0.1, -0.05) is 36.4 Å². The highest BCUT2D eigenvalue weighted by Crippen LogP contribution is 2.38. The number of guanidine groups is 1. The zero-order valence-electron chi connectivity index (χ0n) is 13.7. The van der Waals surface area contributed by atoms with E-state index in [1.807, 2.05) is 55.5 Å². The molecule has 0 aromatic heterocycles. The average Bonchev–Trinajstić information content (AvgIpc) is 2.85. The van der Waals surface area contributed by atoms with Crippen LogP contribution in [0.2, 0.25) is 0 Å². The number of halogens is 1. The molecule has 2 unspecified atom stereocenters. The summed E-state index contributed by atoms with van der Waals surface area (Å²) in [4.78, 5) is 4.61. The van der Waals surface area contributed by atoms with Gasteiger partial charge >= 0.3 is 0 Å². The summed E-state index contributed by atoms with van der Waals surface area (Å²) >= 11 is 0. The van der Waals surface area contributed by atoms with Crippen LogP contribution in [-0.2, 0) is 11.3 Å². The number of nitrogens with zero attached hydrogens (tertiary/aromatic N) is 1. The Balaban J connectivity index is 0.00000208. The summed E-state index contributed by atoms with van der Waals surface area (Å²) in [6.45, 7) is 2.52. The number of nitrogens with one attached hydrogen (secondary N) is 1. The van der Waals surface area contributed by atoms with E-state index < -0.39 is 0 Å². The molecule has 2 aromatic carbocycles. The Bertz CT molecular complexity index is 721. The number of methoxy groups -OCH3 is 1.